The molecule has 1 amide bonds. The van der Waals surface area contributed by atoms with Crippen molar-refractivity contribution in [3.05, 3.63) is 23.2 Å². The number of carbonyl (C=O) groups is 1. The molecule has 0 aliphatic rings. The molecule has 6 nitrogen and oxygen atoms in total. The van der Waals surface area contributed by atoms with E-state index in [1.807, 2.05) is 0 Å². The van der Waals surface area contributed by atoms with E-state index in [0.717, 1.165) is 4.31 Å². The molecule has 0 aromatic heterocycles. The van der Waals surface area contributed by atoms with Gasteiger partial charge in [0.25, 0.3) is 0 Å². The van der Waals surface area contributed by atoms with Crippen molar-refractivity contribution in [2.45, 2.75) is 24.8 Å². The number of rotatable bonds is 5. The number of carbonyl (C=O) groups excluding carboxylic acids is 1. The number of likely N-dealkylation sites (N-methyl/N-ethyl adjacent to an activating group) is 1. The fraction of sp³-hybridized carbons (Fsp3) is 0.417. The SMILES string of the molecule is CC(C)NC(=O)CN(C)S(=O)(=O)c1cc(N)ccc1Cl. The van der Waals surface area contributed by atoms with Gasteiger partial charge in [-0.3, -0.25) is 4.79 Å². The van der Waals surface area contributed by atoms with Gasteiger partial charge in [0.2, 0.25) is 15.9 Å². The third kappa shape index (κ3) is 4.09. The van der Waals surface area contributed by atoms with Crippen LogP contribution in [-0.2, 0) is 14.8 Å². The summed E-state index contributed by atoms with van der Waals surface area (Å²) >= 11 is 5.88. The molecule has 0 fully saturated rings. The number of halogens is 1. The monoisotopic (exact) mass is 319 g/mol. The number of hydrogen-bond donors (Lipinski definition) is 2. The second kappa shape index (κ2) is 6.43. The van der Waals surface area contributed by atoms with Crippen molar-refractivity contribution < 1.29 is 13.2 Å². The fourth-order valence-electron chi connectivity index (χ4n) is 1.54. The second-order valence-electron chi connectivity index (χ2n) is 4.67. The van der Waals surface area contributed by atoms with Crippen LogP contribution >= 0.6 is 11.6 Å². The van der Waals surface area contributed by atoms with Gasteiger partial charge in [0.05, 0.1) is 11.6 Å². The van der Waals surface area contributed by atoms with Crippen LogP contribution in [0.3, 0.4) is 0 Å². The molecule has 0 radical (unpaired) electrons. The lowest BCUT2D eigenvalue weighted by atomic mass is 10.3. The first-order valence-electron chi connectivity index (χ1n) is 5.95. The van der Waals surface area contributed by atoms with E-state index in [0.29, 0.717) is 0 Å². The minimum atomic E-state index is -3.86. The molecule has 0 saturated heterocycles. The molecule has 0 atom stereocenters. The molecule has 20 heavy (non-hydrogen) atoms. The van der Waals surface area contributed by atoms with Gasteiger partial charge >= 0.3 is 0 Å². The summed E-state index contributed by atoms with van der Waals surface area (Å²) in [7, 11) is -2.55. The molecule has 0 heterocycles. The van der Waals surface area contributed by atoms with Crippen LogP contribution in [-0.4, -0.2) is 38.3 Å². The number of nitrogens with zero attached hydrogens (tertiary/aromatic N) is 1. The first-order chi connectivity index (χ1) is 9.14. The molecule has 0 saturated carbocycles. The molecular formula is C12H18ClN3O3S. The Kier molecular flexibility index (Phi) is 5.38. The zero-order valence-electron chi connectivity index (χ0n) is 11.6. The standard InChI is InChI=1S/C12H18ClN3O3S/c1-8(2)15-12(17)7-16(3)20(18,19)11-6-9(14)4-5-10(11)13/h4-6,8H,7,14H2,1-3H3,(H,15,17). The molecule has 112 valence electrons. The van der Waals surface area contributed by atoms with Crippen LogP contribution in [0.5, 0.6) is 0 Å². The van der Waals surface area contributed by atoms with Gasteiger partial charge in [-0.15, -0.1) is 0 Å². The van der Waals surface area contributed by atoms with E-state index >= 15 is 0 Å². The van der Waals surface area contributed by atoms with Gasteiger partial charge in [0.1, 0.15) is 4.90 Å². The highest BCUT2D eigenvalue weighted by Crippen LogP contribution is 2.25. The topological polar surface area (TPSA) is 92.5 Å². The Bertz CT molecular complexity index is 602. The van der Waals surface area contributed by atoms with Crippen LogP contribution in [0.15, 0.2) is 23.1 Å². The van der Waals surface area contributed by atoms with Crippen LogP contribution in [0.25, 0.3) is 0 Å². The largest absolute Gasteiger partial charge is 0.399 e. The molecule has 1 aromatic carbocycles. The van der Waals surface area contributed by atoms with E-state index in [2.05, 4.69) is 5.32 Å². The van der Waals surface area contributed by atoms with Crippen molar-refractivity contribution in [2.75, 3.05) is 19.3 Å². The van der Waals surface area contributed by atoms with Crippen molar-refractivity contribution in [2.24, 2.45) is 0 Å². The van der Waals surface area contributed by atoms with E-state index in [1.54, 1.807) is 13.8 Å². The number of sulfonamides is 1. The predicted octanol–water partition coefficient (Wildman–Crippen LogP) is 1.07. The number of anilines is 1. The van der Waals surface area contributed by atoms with Gasteiger partial charge in [-0.1, -0.05) is 11.6 Å². The number of nitrogens with one attached hydrogen (secondary N) is 1. The minimum absolute atomic E-state index is 0.0606. The molecule has 8 heteroatoms. The highest BCUT2D eigenvalue weighted by Gasteiger charge is 2.25. The van der Waals surface area contributed by atoms with E-state index in [-0.39, 0.29) is 34.1 Å². The van der Waals surface area contributed by atoms with E-state index in [1.165, 1.54) is 25.2 Å². The van der Waals surface area contributed by atoms with Crippen LogP contribution < -0.4 is 11.1 Å². The minimum Gasteiger partial charge on any atom is -0.399 e. The van der Waals surface area contributed by atoms with Crippen molar-refractivity contribution in [3.63, 3.8) is 0 Å². The van der Waals surface area contributed by atoms with Crippen LogP contribution in [0.2, 0.25) is 5.02 Å². The summed E-state index contributed by atoms with van der Waals surface area (Å²) < 4.78 is 25.6. The van der Waals surface area contributed by atoms with Gasteiger partial charge in [0.15, 0.2) is 0 Å². The lowest BCUT2D eigenvalue weighted by molar-refractivity contribution is -0.121. The first-order valence-corrected chi connectivity index (χ1v) is 7.77. The molecule has 3 N–H and O–H groups in total. The third-order valence-electron chi connectivity index (χ3n) is 2.46. The summed E-state index contributed by atoms with van der Waals surface area (Å²) in [6, 6.07) is 4.13. The van der Waals surface area contributed by atoms with E-state index in [4.69, 9.17) is 17.3 Å². The van der Waals surface area contributed by atoms with Crippen molar-refractivity contribution in [1.29, 1.82) is 0 Å². The maximum absolute atomic E-state index is 12.3. The van der Waals surface area contributed by atoms with Crippen molar-refractivity contribution >= 4 is 33.2 Å². The summed E-state index contributed by atoms with van der Waals surface area (Å²) in [4.78, 5) is 11.5. The molecule has 0 unspecified atom stereocenters. The van der Waals surface area contributed by atoms with E-state index < -0.39 is 10.0 Å². The molecule has 0 bridgehead atoms. The Morgan fingerprint density at radius 1 is 1.45 bits per heavy atom. The Hall–Kier alpha value is -1.31. The first kappa shape index (κ1) is 16.7. The van der Waals surface area contributed by atoms with E-state index in [9.17, 15) is 13.2 Å². The Labute approximate surface area is 123 Å². The van der Waals surface area contributed by atoms with Crippen LogP contribution in [0.4, 0.5) is 5.69 Å². The zero-order valence-corrected chi connectivity index (χ0v) is 13.1. The highest BCUT2D eigenvalue weighted by atomic mass is 35.5. The number of amides is 1. The van der Waals surface area contributed by atoms with Crippen LogP contribution in [0.1, 0.15) is 13.8 Å². The average Bonchev–Trinajstić information content (AvgIpc) is 2.30. The predicted molar refractivity (Wildman–Crippen MR) is 79.0 cm³/mol. The number of nitrogens with two attached hydrogens (primary N) is 1. The fourth-order valence-corrected chi connectivity index (χ4v) is 3.17. The molecule has 1 rings (SSSR count). The summed E-state index contributed by atoms with van der Waals surface area (Å²) in [5.41, 5.74) is 5.86. The number of benzene rings is 1. The lowest BCUT2D eigenvalue weighted by Gasteiger charge is -2.18. The zero-order chi connectivity index (χ0) is 15.5. The van der Waals surface area contributed by atoms with Crippen LogP contribution in [0, 0.1) is 0 Å². The van der Waals surface area contributed by atoms with Crippen molar-refractivity contribution in [3.8, 4) is 0 Å². The summed E-state index contributed by atoms with van der Waals surface area (Å²) in [5.74, 6) is -0.383. The van der Waals surface area contributed by atoms with Gasteiger partial charge in [0, 0.05) is 18.8 Å². The normalized spacial score (nSPS) is 11.9. The maximum atomic E-state index is 12.3. The molecule has 0 spiro atoms. The van der Waals surface area contributed by atoms with Gasteiger partial charge in [-0.2, -0.15) is 4.31 Å². The third-order valence-corrected chi connectivity index (χ3v) is 4.74. The van der Waals surface area contributed by atoms with Gasteiger partial charge in [-0.05, 0) is 32.0 Å². The van der Waals surface area contributed by atoms with Gasteiger partial charge < -0.3 is 11.1 Å². The average molecular weight is 320 g/mol. The molecule has 1 aromatic rings. The second-order valence-corrected chi connectivity index (χ2v) is 7.09. The Balaban J connectivity index is 2.98. The maximum Gasteiger partial charge on any atom is 0.244 e. The molecule has 0 aliphatic heterocycles. The molecule has 0 aliphatic carbocycles. The highest BCUT2D eigenvalue weighted by molar-refractivity contribution is 7.89. The Morgan fingerprint density at radius 2 is 2.05 bits per heavy atom. The number of nitrogen functional groups attached to an aromatic ring is 1. The quantitative estimate of drug-likeness (QED) is 0.794. The van der Waals surface area contributed by atoms with Gasteiger partial charge in [-0.25, -0.2) is 8.42 Å². The summed E-state index contributed by atoms with van der Waals surface area (Å²) in [5, 5.41) is 2.69. The lowest BCUT2D eigenvalue weighted by Crippen LogP contribution is -2.40. The smallest absolute Gasteiger partial charge is 0.244 e. The molecular weight excluding hydrogens is 302 g/mol. The van der Waals surface area contributed by atoms with Crippen molar-refractivity contribution in [1.82, 2.24) is 9.62 Å². The summed E-state index contributed by atoms with van der Waals surface area (Å²) in [6.07, 6.45) is 0. The summed E-state index contributed by atoms with van der Waals surface area (Å²) in [6.45, 7) is 3.30. The number of hydrogen-bond acceptors (Lipinski definition) is 4. The Morgan fingerprint density at radius 3 is 2.60 bits per heavy atom.